The first-order chi connectivity index (χ1) is 19.0. The number of carbonyl (C=O) groups excluding carboxylic acids is 3. The number of carbonyl (C=O) groups is 3. The largest absolute Gasteiger partial charge is 0.506 e. The number of hydrogen-bond donors (Lipinski definition) is 4. The Kier molecular flexibility index (Phi) is 8.51. The van der Waals surface area contributed by atoms with E-state index in [-0.39, 0.29) is 23.6 Å². The number of hydrazone groups is 1. The van der Waals surface area contributed by atoms with E-state index in [2.05, 4.69) is 48.7 Å². The third kappa shape index (κ3) is 6.47. The van der Waals surface area contributed by atoms with Crippen LogP contribution in [0.15, 0.2) is 71.1 Å². The molecular weight excluding hydrogens is 544 g/mol. The van der Waals surface area contributed by atoms with Crippen molar-refractivity contribution in [3.8, 4) is 16.2 Å². The minimum Gasteiger partial charge on any atom is -0.506 e. The van der Waals surface area contributed by atoms with Gasteiger partial charge in [0.1, 0.15) is 5.75 Å². The van der Waals surface area contributed by atoms with Crippen LogP contribution < -0.4 is 16.5 Å². The molecule has 0 aliphatic heterocycles. The fourth-order valence-electron chi connectivity index (χ4n) is 3.94. The minimum atomic E-state index is -0.572. The van der Waals surface area contributed by atoms with Crippen LogP contribution in [0.4, 0.5) is 0 Å². The van der Waals surface area contributed by atoms with Crippen LogP contribution in [0.3, 0.4) is 0 Å². The molecule has 40 heavy (non-hydrogen) atoms. The van der Waals surface area contributed by atoms with Gasteiger partial charge in [0.25, 0.3) is 11.8 Å². The number of hydrogen-bond acceptors (Lipinski definition) is 7. The molecule has 2 heterocycles. The van der Waals surface area contributed by atoms with E-state index >= 15 is 0 Å². The first kappa shape index (κ1) is 28.7. The van der Waals surface area contributed by atoms with Gasteiger partial charge in [-0.2, -0.15) is 5.10 Å². The summed E-state index contributed by atoms with van der Waals surface area (Å²) in [4.78, 5) is 38.2. The van der Waals surface area contributed by atoms with Crippen LogP contribution in [0.2, 0.25) is 0 Å². The fourth-order valence-corrected chi connectivity index (χ4v) is 5.77. The highest BCUT2D eigenvalue weighted by molar-refractivity contribution is 7.16. The fraction of sp³-hybridized carbons (Fsp3) is 0.200. The Morgan fingerprint density at radius 1 is 0.925 bits per heavy atom. The molecule has 0 atom stereocenters. The van der Waals surface area contributed by atoms with Crippen molar-refractivity contribution >= 4 is 46.1 Å². The van der Waals surface area contributed by atoms with E-state index in [1.54, 1.807) is 48.7 Å². The maximum absolute atomic E-state index is 12.7. The number of thiophene rings is 2. The van der Waals surface area contributed by atoms with Crippen molar-refractivity contribution in [2.45, 2.75) is 39.7 Å². The Labute approximate surface area is 240 Å². The molecule has 0 unspecified atom stereocenters. The SMILES string of the molecule is C/C(=N\NC(=O)c1ccc(C(=O)NCc2ccccc2C(N)=O)s1)c1csc(-c2ccc(C(C)(C)C)cc2)c1O. The second-order valence-corrected chi connectivity index (χ2v) is 12.1. The number of nitrogens with one attached hydrogen (secondary N) is 2. The number of primary amides is 1. The Balaban J connectivity index is 1.39. The van der Waals surface area contributed by atoms with Gasteiger partial charge in [-0.3, -0.25) is 14.4 Å². The lowest BCUT2D eigenvalue weighted by Crippen LogP contribution is -2.24. The third-order valence-electron chi connectivity index (χ3n) is 6.27. The number of aromatic hydroxyl groups is 1. The van der Waals surface area contributed by atoms with Gasteiger partial charge in [0, 0.05) is 17.5 Å². The van der Waals surface area contributed by atoms with Gasteiger partial charge in [0.05, 0.1) is 25.9 Å². The van der Waals surface area contributed by atoms with Crippen LogP contribution in [0.1, 0.15) is 74.1 Å². The molecule has 8 nitrogen and oxygen atoms in total. The number of benzene rings is 2. The van der Waals surface area contributed by atoms with Gasteiger partial charge in [-0.15, -0.1) is 22.7 Å². The highest BCUT2D eigenvalue weighted by atomic mass is 32.1. The third-order valence-corrected chi connectivity index (χ3v) is 8.37. The van der Waals surface area contributed by atoms with Gasteiger partial charge in [0.15, 0.2) is 0 Å². The second-order valence-electron chi connectivity index (χ2n) is 10.2. The van der Waals surface area contributed by atoms with Gasteiger partial charge >= 0.3 is 0 Å². The van der Waals surface area contributed by atoms with Gasteiger partial charge in [0.2, 0.25) is 5.91 Å². The summed E-state index contributed by atoms with van der Waals surface area (Å²) in [5.74, 6) is -1.32. The lowest BCUT2D eigenvalue weighted by Gasteiger charge is -2.19. The van der Waals surface area contributed by atoms with Gasteiger partial charge in [-0.25, -0.2) is 5.43 Å². The van der Waals surface area contributed by atoms with Crippen molar-refractivity contribution < 1.29 is 19.5 Å². The topological polar surface area (TPSA) is 134 Å². The molecule has 4 rings (SSSR count). The highest BCUT2D eigenvalue weighted by Crippen LogP contribution is 2.39. The molecule has 0 saturated heterocycles. The average Bonchev–Trinajstić information content (AvgIpc) is 3.57. The Hall–Kier alpha value is -4.28. The molecule has 4 aromatic rings. The highest BCUT2D eigenvalue weighted by Gasteiger charge is 2.18. The number of nitrogens with zero attached hydrogens (tertiary/aromatic N) is 1. The van der Waals surface area contributed by atoms with Crippen LogP contribution in [-0.4, -0.2) is 28.5 Å². The maximum atomic E-state index is 12.7. The van der Waals surface area contributed by atoms with Crippen LogP contribution in [0.25, 0.3) is 10.4 Å². The lowest BCUT2D eigenvalue weighted by atomic mass is 9.86. The molecule has 0 fully saturated rings. The van der Waals surface area contributed by atoms with Crippen molar-refractivity contribution in [3.05, 3.63) is 98.1 Å². The zero-order valence-electron chi connectivity index (χ0n) is 22.6. The van der Waals surface area contributed by atoms with E-state index in [0.29, 0.717) is 32.2 Å². The van der Waals surface area contributed by atoms with Gasteiger partial charge in [-0.05, 0) is 47.2 Å². The smallest absolute Gasteiger partial charge is 0.281 e. The Bertz CT molecular complexity index is 1590. The molecular formula is C30H30N4O4S2. The van der Waals surface area contributed by atoms with Gasteiger partial charge < -0.3 is 16.2 Å². The summed E-state index contributed by atoms with van der Waals surface area (Å²) in [6, 6.07) is 18.0. The molecule has 2 aromatic heterocycles. The summed E-state index contributed by atoms with van der Waals surface area (Å²) < 4.78 is 0. The average molecular weight is 575 g/mol. The van der Waals surface area contributed by atoms with Crippen molar-refractivity contribution in [2.24, 2.45) is 10.8 Å². The van der Waals surface area contributed by atoms with E-state index < -0.39 is 11.8 Å². The van der Waals surface area contributed by atoms with Gasteiger partial charge in [-0.1, -0.05) is 63.2 Å². The Morgan fingerprint density at radius 3 is 2.23 bits per heavy atom. The molecule has 206 valence electrons. The van der Waals surface area contributed by atoms with Crippen molar-refractivity contribution in [1.29, 1.82) is 0 Å². The molecule has 0 spiro atoms. The first-order valence-corrected chi connectivity index (χ1v) is 14.2. The van der Waals surface area contributed by atoms with E-state index in [0.717, 1.165) is 21.8 Å². The molecule has 5 N–H and O–H groups in total. The summed E-state index contributed by atoms with van der Waals surface area (Å²) in [6.45, 7) is 8.27. The predicted octanol–water partition coefficient (Wildman–Crippen LogP) is 5.66. The molecule has 0 aliphatic rings. The van der Waals surface area contributed by atoms with E-state index in [1.165, 1.54) is 16.9 Å². The molecule has 0 bridgehead atoms. The van der Waals surface area contributed by atoms with Crippen molar-refractivity contribution in [3.63, 3.8) is 0 Å². The van der Waals surface area contributed by atoms with E-state index in [9.17, 15) is 19.5 Å². The summed E-state index contributed by atoms with van der Waals surface area (Å²) in [5, 5.41) is 19.6. The molecule has 0 saturated carbocycles. The first-order valence-electron chi connectivity index (χ1n) is 12.5. The van der Waals surface area contributed by atoms with Crippen molar-refractivity contribution in [1.82, 2.24) is 10.7 Å². The predicted molar refractivity (Wildman–Crippen MR) is 160 cm³/mol. The zero-order valence-corrected chi connectivity index (χ0v) is 24.2. The number of amides is 3. The summed E-state index contributed by atoms with van der Waals surface area (Å²) in [6.07, 6.45) is 0. The van der Waals surface area contributed by atoms with E-state index in [4.69, 9.17) is 5.73 Å². The van der Waals surface area contributed by atoms with Crippen LogP contribution in [0.5, 0.6) is 5.75 Å². The molecule has 0 radical (unpaired) electrons. The zero-order chi connectivity index (χ0) is 29.0. The molecule has 2 aromatic carbocycles. The van der Waals surface area contributed by atoms with Crippen LogP contribution >= 0.6 is 22.7 Å². The normalized spacial score (nSPS) is 11.8. The van der Waals surface area contributed by atoms with E-state index in [1.807, 2.05) is 12.1 Å². The molecule has 10 heteroatoms. The minimum absolute atomic E-state index is 0.0358. The molecule has 3 amide bonds. The van der Waals surface area contributed by atoms with Crippen LogP contribution in [-0.2, 0) is 12.0 Å². The summed E-state index contributed by atoms with van der Waals surface area (Å²) in [5.41, 5.74) is 11.9. The summed E-state index contributed by atoms with van der Waals surface area (Å²) >= 11 is 2.42. The number of nitrogens with two attached hydrogens (primary N) is 1. The van der Waals surface area contributed by atoms with Crippen molar-refractivity contribution in [2.75, 3.05) is 0 Å². The summed E-state index contributed by atoms with van der Waals surface area (Å²) in [7, 11) is 0. The number of rotatable bonds is 8. The molecule has 0 aliphatic carbocycles. The second kappa shape index (κ2) is 11.8. The Morgan fingerprint density at radius 2 is 1.57 bits per heavy atom. The quantitative estimate of drug-likeness (QED) is 0.160. The monoisotopic (exact) mass is 574 g/mol. The lowest BCUT2D eigenvalue weighted by molar-refractivity contribution is 0.0948. The van der Waals surface area contributed by atoms with Crippen LogP contribution in [0, 0.1) is 0 Å². The standard InChI is InChI=1S/C30H30N4O4S2/c1-17(22-16-39-26(25(22)35)18-9-11-20(12-10-18)30(2,3)4)33-34-29(38)24-14-13-23(40-24)28(37)32-15-19-7-5-6-8-21(19)27(31)36/h5-14,16,35H,15H2,1-4H3,(H2,31,36)(H,32,37)(H,34,38)/b33-17+. The maximum Gasteiger partial charge on any atom is 0.281 e.